The summed E-state index contributed by atoms with van der Waals surface area (Å²) in [5.74, 6) is 0.403. The molecule has 2 rings (SSSR count). The number of benzene rings is 1. The molecule has 106 valence electrons. The first kappa shape index (κ1) is 14.5. The van der Waals surface area contributed by atoms with Crippen LogP contribution in [0.15, 0.2) is 24.3 Å². The van der Waals surface area contributed by atoms with Crippen LogP contribution in [0.4, 0.5) is 0 Å². The van der Waals surface area contributed by atoms with Crippen molar-refractivity contribution in [3.63, 3.8) is 0 Å². The standard InChI is InChI=1S/C16H26N2O/c1-12-5-3-7-15(9-12)16(13(2)17)18-8-4-6-14(10-18)11-19/h3,5,7,9,13-14,16,19H,4,6,8,10-11,17H2,1-2H3. The number of aliphatic hydroxyl groups is 1. The second kappa shape index (κ2) is 6.51. The predicted molar refractivity (Wildman–Crippen MR) is 79.0 cm³/mol. The Morgan fingerprint density at radius 2 is 2.26 bits per heavy atom. The lowest BCUT2D eigenvalue weighted by molar-refractivity contribution is 0.0793. The van der Waals surface area contributed by atoms with Gasteiger partial charge in [-0.25, -0.2) is 0 Å². The van der Waals surface area contributed by atoms with Crippen LogP contribution in [0.25, 0.3) is 0 Å². The van der Waals surface area contributed by atoms with Crippen LogP contribution in [0.1, 0.15) is 36.9 Å². The van der Waals surface area contributed by atoms with E-state index >= 15 is 0 Å². The Morgan fingerprint density at radius 1 is 1.47 bits per heavy atom. The smallest absolute Gasteiger partial charge is 0.0496 e. The third kappa shape index (κ3) is 3.56. The number of aryl methyl sites for hydroxylation is 1. The van der Waals surface area contributed by atoms with Gasteiger partial charge in [-0.1, -0.05) is 29.8 Å². The van der Waals surface area contributed by atoms with Crippen molar-refractivity contribution in [2.75, 3.05) is 19.7 Å². The lowest BCUT2D eigenvalue weighted by atomic mass is 9.92. The number of nitrogens with two attached hydrogens (primary N) is 1. The number of likely N-dealkylation sites (tertiary alicyclic amines) is 1. The zero-order valence-corrected chi connectivity index (χ0v) is 12.0. The topological polar surface area (TPSA) is 49.5 Å². The summed E-state index contributed by atoms with van der Waals surface area (Å²) in [5, 5.41) is 9.39. The number of nitrogens with zero attached hydrogens (tertiary/aromatic N) is 1. The van der Waals surface area contributed by atoms with Gasteiger partial charge in [0, 0.05) is 25.2 Å². The van der Waals surface area contributed by atoms with Gasteiger partial charge < -0.3 is 10.8 Å². The van der Waals surface area contributed by atoms with Crippen molar-refractivity contribution < 1.29 is 5.11 Å². The summed E-state index contributed by atoms with van der Waals surface area (Å²) in [5.41, 5.74) is 8.81. The minimum atomic E-state index is 0.0965. The number of hydrogen-bond acceptors (Lipinski definition) is 3. The van der Waals surface area contributed by atoms with Crippen LogP contribution in [0, 0.1) is 12.8 Å². The lowest BCUT2D eigenvalue weighted by Gasteiger charge is -2.40. The van der Waals surface area contributed by atoms with E-state index in [9.17, 15) is 5.11 Å². The van der Waals surface area contributed by atoms with E-state index in [0.29, 0.717) is 5.92 Å². The first-order valence-corrected chi connectivity index (χ1v) is 7.29. The zero-order chi connectivity index (χ0) is 13.8. The van der Waals surface area contributed by atoms with Gasteiger partial charge >= 0.3 is 0 Å². The summed E-state index contributed by atoms with van der Waals surface area (Å²) in [4.78, 5) is 2.45. The highest BCUT2D eigenvalue weighted by Crippen LogP contribution is 2.29. The summed E-state index contributed by atoms with van der Waals surface area (Å²) in [6, 6.07) is 8.98. The monoisotopic (exact) mass is 262 g/mol. The highest BCUT2D eigenvalue weighted by Gasteiger charge is 2.28. The number of hydrogen-bond donors (Lipinski definition) is 2. The molecule has 1 aromatic rings. The Morgan fingerprint density at radius 3 is 2.89 bits per heavy atom. The van der Waals surface area contributed by atoms with Crippen molar-refractivity contribution in [1.82, 2.24) is 4.90 Å². The molecule has 0 aliphatic carbocycles. The van der Waals surface area contributed by atoms with Gasteiger partial charge in [-0.2, -0.15) is 0 Å². The molecule has 1 saturated heterocycles. The molecule has 3 unspecified atom stereocenters. The molecule has 1 fully saturated rings. The molecule has 3 N–H and O–H groups in total. The molecular formula is C16H26N2O. The highest BCUT2D eigenvalue weighted by atomic mass is 16.3. The molecule has 1 aromatic carbocycles. The van der Waals surface area contributed by atoms with Gasteiger partial charge in [-0.15, -0.1) is 0 Å². The van der Waals surface area contributed by atoms with Crippen LogP contribution >= 0.6 is 0 Å². The molecule has 0 saturated carbocycles. The Balaban J connectivity index is 2.20. The van der Waals surface area contributed by atoms with Gasteiger partial charge in [0.05, 0.1) is 0 Å². The lowest BCUT2D eigenvalue weighted by Crippen LogP contribution is -2.45. The van der Waals surface area contributed by atoms with Gasteiger partial charge in [0.2, 0.25) is 0 Å². The van der Waals surface area contributed by atoms with Gasteiger partial charge in [0.15, 0.2) is 0 Å². The van der Waals surface area contributed by atoms with Gasteiger partial charge in [0.1, 0.15) is 0 Å². The van der Waals surface area contributed by atoms with Crippen LogP contribution in [-0.4, -0.2) is 35.7 Å². The first-order valence-electron chi connectivity index (χ1n) is 7.29. The summed E-state index contributed by atoms with van der Waals surface area (Å²) >= 11 is 0. The molecule has 0 radical (unpaired) electrons. The van der Waals surface area contributed by atoms with Crippen molar-refractivity contribution >= 4 is 0 Å². The van der Waals surface area contributed by atoms with Gasteiger partial charge in [-0.3, -0.25) is 4.90 Å². The van der Waals surface area contributed by atoms with Gasteiger partial charge in [-0.05, 0) is 44.7 Å². The Bertz CT molecular complexity index is 405. The Labute approximate surface area is 116 Å². The van der Waals surface area contributed by atoms with E-state index < -0.39 is 0 Å². The van der Waals surface area contributed by atoms with Gasteiger partial charge in [0.25, 0.3) is 0 Å². The minimum Gasteiger partial charge on any atom is -0.396 e. The van der Waals surface area contributed by atoms with Crippen LogP contribution in [0.5, 0.6) is 0 Å². The van der Waals surface area contributed by atoms with E-state index in [4.69, 9.17) is 5.73 Å². The Hall–Kier alpha value is -0.900. The first-order chi connectivity index (χ1) is 9.11. The summed E-state index contributed by atoms with van der Waals surface area (Å²) < 4.78 is 0. The van der Waals surface area contributed by atoms with Crippen molar-refractivity contribution in [2.24, 2.45) is 11.7 Å². The second-order valence-corrected chi connectivity index (χ2v) is 5.90. The van der Waals surface area contributed by atoms with E-state index in [-0.39, 0.29) is 18.7 Å². The predicted octanol–water partition coefficient (Wildman–Crippen LogP) is 2.09. The van der Waals surface area contributed by atoms with E-state index in [1.807, 2.05) is 0 Å². The third-order valence-corrected chi connectivity index (χ3v) is 4.08. The second-order valence-electron chi connectivity index (χ2n) is 5.90. The molecule has 0 amide bonds. The molecule has 0 spiro atoms. The SMILES string of the molecule is Cc1cccc(C(C(C)N)N2CCCC(CO)C2)c1. The number of rotatable bonds is 4. The largest absolute Gasteiger partial charge is 0.396 e. The van der Waals surface area contributed by atoms with E-state index in [1.54, 1.807) is 0 Å². The molecule has 1 aliphatic heterocycles. The fraction of sp³-hybridized carbons (Fsp3) is 0.625. The highest BCUT2D eigenvalue weighted by molar-refractivity contribution is 5.26. The molecule has 0 aromatic heterocycles. The zero-order valence-electron chi connectivity index (χ0n) is 12.0. The average Bonchev–Trinajstić information content (AvgIpc) is 2.39. The summed E-state index contributed by atoms with van der Waals surface area (Å²) in [6.07, 6.45) is 2.28. The van der Waals surface area contributed by atoms with Crippen LogP contribution in [0.2, 0.25) is 0 Å². The molecule has 3 atom stereocenters. The van der Waals surface area contributed by atoms with Crippen LogP contribution in [-0.2, 0) is 0 Å². The maximum Gasteiger partial charge on any atom is 0.0496 e. The molecule has 3 heteroatoms. The molecule has 3 nitrogen and oxygen atoms in total. The van der Waals surface area contributed by atoms with Crippen molar-refractivity contribution in [3.05, 3.63) is 35.4 Å². The molecule has 19 heavy (non-hydrogen) atoms. The molecule has 1 heterocycles. The maximum absolute atomic E-state index is 9.39. The normalized spacial score (nSPS) is 24.1. The fourth-order valence-corrected chi connectivity index (χ4v) is 3.20. The van der Waals surface area contributed by atoms with Crippen molar-refractivity contribution in [3.8, 4) is 0 Å². The van der Waals surface area contributed by atoms with Crippen molar-refractivity contribution in [2.45, 2.75) is 38.8 Å². The van der Waals surface area contributed by atoms with Crippen LogP contribution in [0.3, 0.4) is 0 Å². The number of piperidine rings is 1. The quantitative estimate of drug-likeness (QED) is 0.873. The van der Waals surface area contributed by atoms with Crippen LogP contribution < -0.4 is 5.73 Å². The fourth-order valence-electron chi connectivity index (χ4n) is 3.20. The van der Waals surface area contributed by atoms with Crippen molar-refractivity contribution in [1.29, 1.82) is 0 Å². The average molecular weight is 262 g/mol. The third-order valence-electron chi connectivity index (χ3n) is 4.08. The van der Waals surface area contributed by atoms with E-state index in [0.717, 1.165) is 25.9 Å². The minimum absolute atomic E-state index is 0.0965. The van der Waals surface area contributed by atoms with E-state index in [1.165, 1.54) is 11.1 Å². The molecular weight excluding hydrogens is 236 g/mol. The van der Waals surface area contributed by atoms with E-state index in [2.05, 4.69) is 43.0 Å². The Kier molecular flexibility index (Phi) is 4.97. The molecule has 0 bridgehead atoms. The molecule has 1 aliphatic rings. The maximum atomic E-state index is 9.39. The number of aliphatic hydroxyl groups excluding tert-OH is 1. The summed E-state index contributed by atoms with van der Waals surface area (Å²) in [6.45, 7) is 6.52. The summed E-state index contributed by atoms with van der Waals surface area (Å²) in [7, 11) is 0.